The highest BCUT2D eigenvalue weighted by atomic mass is 16.3. The van der Waals surface area contributed by atoms with E-state index in [4.69, 9.17) is 4.42 Å². The summed E-state index contributed by atoms with van der Waals surface area (Å²) >= 11 is 0. The standard InChI is InChI=1S/C18H20N4O3/c1-21-7-9-22(10-8-21)18(24)15(12-14-4-2-6-19-13-14)20-17(23)16-5-3-11-25-16/h2-6,11-13H,7-10H2,1H3,(H,20,23). The van der Waals surface area contributed by atoms with Gasteiger partial charge in [0.1, 0.15) is 5.70 Å². The van der Waals surface area contributed by atoms with Crippen LogP contribution in [0.4, 0.5) is 0 Å². The van der Waals surface area contributed by atoms with Crippen LogP contribution in [0, 0.1) is 0 Å². The molecule has 2 amide bonds. The Kier molecular flexibility index (Phi) is 5.25. The maximum Gasteiger partial charge on any atom is 0.291 e. The van der Waals surface area contributed by atoms with Crippen molar-refractivity contribution in [3.8, 4) is 0 Å². The van der Waals surface area contributed by atoms with E-state index in [9.17, 15) is 9.59 Å². The Morgan fingerprint density at radius 3 is 2.64 bits per heavy atom. The third kappa shape index (κ3) is 4.33. The Labute approximate surface area is 145 Å². The smallest absolute Gasteiger partial charge is 0.291 e. The average molecular weight is 340 g/mol. The van der Waals surface area contributed by atoms with Crippen molar-refractivity contribution in [1.82, 2.24) is 20.1 Å². The average Bonchev–Trinajstić information content (AvgIpc) is 3.17. The molecule has 1 saturated heterocycles. The van der Waals surface area contributed by atoms with Gasteiger partial charge < -0.3 is 19.5 Å². The van der Waals surface area contributed by atoms with E-state index in [-0.39, 0.29) is 17.4 Å². The Balaban J connectivity index is 1.82. The first-order valence-electron chi connectivity index (χ1n) is 8.08. The third-order valence-electron chi connectivity index (χ3n) is 4.01. The molecule has 1 aliphatic rings. The zero-order chi connectivity index (χ0) is 17.6. The number of nitrogens with one attached hydrogen (secondary N) is 1. The molecule has 2 aromatic heterocycles. The normalized spacial score (nSPS) is 15.9. The molecular formula is C18H20N4O3. The van der Waals surface area contributed by atoms with Crippen molar-refractivity contribution in [3.63, 3.8) is 0 Å². The Morgan fingerprint density at radius 1 is 1.20 bits per heavy atom. The monoisotopic (exact) mass is 340 g/mol. The van der Waals surface area contributed by atoms with E-state index < -0.39 is 5.91 Å². The molecule has 0 aliphatic carbocycles. The number of carbonyl (C=O) groups is 2. The lowest BCUT2D eigenvalue weighted by atomic mass is 10.2. The quantitative estimate of drug-likeness (QED) is 0.847. The highest BCUT2D eigenvalue weighted by Gasteiger charge is 2.24. The van der Waals surface area contributed by atoms with Crippen LogP contribution in [0.2, 0.25) is 0 Å². The number of furan rings is 1. The maximum atomic E-state index is 12.9. The number of piperazine rings is 1. The minimum atomic E-state index is -0.456. The number of hydrogen-bond acceptors (Lipinski definition) is 5. The lowest BCUT2D eigenvalue weighted by Crippen LogP contribution is -2.49. The summed E-state index contributed by atoms with van der Waals surface area (Å²) in [7, 11) is 2.02. The van der Waals surface area contributed by atoms with E-state index >= 15 is 0 Å². The Bertz CT molecular complexity index is 748. The fraction of sp³-hybridized carbons (Fsp3) is 0.278. The molecule has 25 heavy (non-hydrogen) atoms. The van der Waals surface area contributed by atoms with E-state index in [1.807, 2.05) is 13.1 Å². The summed E-state index contributed by atoms with van der Waals surface area (Å²) in [6.45, 7) is 2.85. The zero-order valence-corrected chi connectivity index (χ0v) is 14.0. The van der Waals surface area contributed by atoms with Gasteiger partial charge in [0.05, 0.1) is 6.26 Å². The van der Waals surface area contributed by atoms with Gasteiger partial charge in [0.25, 0.3) is 11.8 Å². The van der Waals surface area contributed by atoms with Crippen LogP contribution in [-0.2, 0) is 4.79 Å². The number of carbonyl (C=O) groups excluding carboxylic acids is 2. The van der Waals surface area contributed by atoms with Gasteiger partial charge in [-0.05, 0) is 36.9 Å². The topological polar surface area (TPSA) is 78.7 Å². The molecule has 7 nitrogen and oxygen atoms in total. The van der Waals surface area contributed by atoms with Crippen molar-refractivity contribution in [3.05, 3.63) is 59.9 Å². The van der Waals surface area contributed by atoms with Crippen molar-refractivity contribution in [2.24, 2.45) is 0 Å². The first kappa shape index (κ1) is 16.9. The van der Waals surface area contributed by atoms with Gasteiger partial charge in [-0.15, -0.1) is 0 Å². The third-order valence-corrected chi connectivity index (χ3v) is 4.01. The molecule has 0 spiro atoms. The van der Waals surface area contributed by atoms with Crippen LogP contribution in [-0.4, -0.2) is 59.8 Å². The van der Waals surface area contributed by atoms with Gasteiger partial charge in [0.2, 0.25) is 0 Å². The molecular weight excluding hydrogens is 320 g/mol. The second-order valence-corrected chi connectivity index (χ2v) is 5.87. The summed E-state index contributed by atoms with van der Waals surface area (Å²) in [6.07, 6.45) is 6.34. The molecule has 1 fully saturated rings. The first-order valence-corrected chi connectivity index (χ1v) is 8.08. The van der Waals surface area contributed by atoms with Crippen LogP contribution in [0.3, 0.4) is 0 Å². The summed E-state index contributed by atoms with van der Waals surface area (Å²) in [5.74, 6) is -0.511. The van der Waals surface area contributed by atoms with Gasteiger partial charge in [0, 0.05) is 38.6 Å². The molecule has 130 valence electrons. The molecule has 0 unspecified atom stereocenters. The summed E-state index contributed by atoms with van der Waals surface area (Å²) in [6, 6.07) is 6.78. The van der Waals surface area contributed by atoms with Gasteiger partial charge in [0.15, 0.2) is 5.76 Å². The van der Waals surface area contributed by atoms with E-state index in [1.165, 1.54) is 6.26 Å². The molecule has 2 aromatic rings. The lowest BCUT2D eigenvalue weighted by Gasteiger charge is -2.32. The SMILES string of the molecule is CN1CCN(C(=O)C(=Cc2cccnc2)NC(=O)c2ccco2)CC1. The minimum Gasteiger partial charge on any atom is -0.459 e. The highest BCUT2D eigenvalue weighted by Crippen LogP contribution is 2.11. The molecule has 1 N–H and O–H groups in total. The van der Waals surface area contributed by atoms with Gasteiger partial charge >= 0.3 is 0 Å². The van der Waals surface area contributed by atoms with E-state index in [1.54, 1.807) is 41.6 Å². The maximum absolute atomic E-state index is 12.9. The number of nitrogens with zero attached hydrogens (tertiary/aromatic N) is 3. The van der Waals surface area contributed by atoms with Crippen molar-refractivity contribution in [1.29, 1.82) is 0 Å². The second kappa shape index (κ2) is 7.76. The van der Waals surface area contributed by atoms with E-state index in [0.717, 1.165) is 18.7 Å². The van der Waals surface area contributed by atoms with Crippen molar-refractivity contribution >= 4 is 17.9 Å². The molecule has 0 radical (unpaired) electrons. The van der Waals surface area contributed by atoms with Crippen molar-refractivity contribution in [2.75, 3.05) is 33.2 Å². The van der Waals surface area contributed by atoms with Crippen LogP contribution in [0.1, 0.15) is 16.1 Å². The van der Waals surface area contributed by atoms with Gasteiger partial charge in [-0.1, -0.05) is 6.07 Å². The number of pyridine rings is 1. The fourth-order valence-electron chi connectivity index (χ4n) is 2.55. The van der Waals surface area contributed by atoms with Gasteiger partial charge in [-0.3, -0.25) is 14.6 Å². The molecule has 3 heterocycles. The molecule has 3 rings (SSSR count). The number of amides is 2. The van der Waals surface area contributed by atoms with Crippen LogP contribution >= 0.6 is 0 Å². The van der Waals surface area contributed by atoms with Crippen LogP contribution in [0.25, 0.3) is 6.08 Å². The molecule has 0 saturated carbocycles. The van der Waals surface area contributed by atoms with E-state index in [2.05, 4.69) is 15.2 Å². The summed E-state index contributed by atoms with van der Waals surface area (Å²) < 4.78 is 5.10. The summed E-state index contributed by atoms with van der Waals surface area (Å²) in [5, 5.41) is 2.67. The van der Waals surface area contributed by atoms with Gasteiger partial charge in [-0.25, -0.2) is 0 Å². The second-order valence-electron chi connectivity index (χ2n) is 5.87. The minimum absolute atomic E-state index is 0.156. The van der Waals surface area contributed by atoms with Crippen molar-refractivity contribution in [2.45, 2.75) is 0 Å². The first-order chi connectivity index (χ1) is 12.1. The highest BCUT2D eigenvalue weighted by molar-refractivity contribution is 6.04. The largest absolute Gasteiger partial charge is 0.459 e. The fourth-order valence-corrected chi connectivity index (χ4v) is 2.55. The van der Waals surface area contributed by atoms with Gasteiger partial charge in [-0.2, -0.15) is 0 Å². The van der Waals surface area contributed by atoms with E-state index in [0.29, 0.717) is 13.1 Å². The zero-order valence-electron chi connectivity index (χ0n) is 14.0. The van der Waals surface area contributed by atoms with Crippen molar-refractivity contribution < 1.29 is 14.0 Å². The molecule has 7 heteroatoms. The van der Waals surface area contributed by atoms with Crippen LogP contribution in [0.5, 0.6) is 0 Å². The Hall–Kier alpha value is -2.93. The molecule has 0 atom stereocenters. The molecule has 1 aliphatic heterocycles. The predicted molar refractivity (Wildman–Crippen MR) is 92.5 cm³/mol. The lowest BCUT2D eigenvalue weighted by molar-refractivity contribution is -0.128. The Morgan fingerprint density at radius 2 is 2.00 bits per heavy atom. The van der Waals surface area contributed by atoms with Crippen LogP contribution < -0.4 is 5.32 Å². The van der Waals surface area contributed by atoms with Crippen LogP contribution in [0.15, 0.2) is 53.0 Å². The number of likely N-dealkylation sites (N-methyl/N-ethyl adjacent to an activating group) is 1. The number of rotatable bonds is 4. The molecule has 0 bridgehead atoms. The molecule has 0 aromatic carbocycles. The predicted octanol–water partition coefficient (Wildman–Crippen LogP) is 1.22. The summed E-state index contributed by atoms with van der Waals surface area (Å²) in [4.78, 5) is 33.1. The number of hydrogen-bond donors (Lipinski definition) is 1. The summed E-state index contributed by atoms with van der Waals surface area (Å²) in [5.41, 5.74) is 0.943. The number of aromatic nitrogens is 1.